The van der Waals surface area contributed by atoms with E-state index in [4.69, 9.17) is 5.73 Å². The highest BCUT2D eigenvalue weighted by Crippen LogP contribution is 1.99. The van der Waals surface area contributed by atoms with E-state index in [1.807, 2.05) is 0 Å². The summed E-state index contributed by atoms with van der Waals surface area (Å²) in [7, 11) is 4.15. The van der Waals surface area contributed by atoms with Crippen LogP contribution in [0.15, 0.2) is 0 Å². The van der Waals surface area contributed by atoms with Crippen molar-refractivity contribution in [3.63, 3.8) is 0 Å². The summed E-state index contributed by atoms with van der Waals surface area (Å²) < 4.78 is 0. The molecule has 0 radical (unpaired) electrons. The molecule has 0 aliphatic heterocycles. The molecule has 0 saturated heterocycles. The molecule has 0 aromatic heterocycles. The fourth-order valence-electron chi connectivity index (χ4n) is 0.920. The smallest absolute Gasteiger partial charge is 0.0212 e. The fraction of sp³-hybridized carbons (Fsp3) is 1.00. The second-order valence-corrected chi connectivity index (χ2v) is 2.64. The summed E-state index contributed by atoms with van der Waals surface area (Å²) in [6, 6.07) is 0.579. The molecule has 2 nitrogen and oxygen atoms in total. The SMILES string of the molecule is CCCC(CN)N(C)C. The highest BCUT2D eigenvalue weighted by Gasteiger charge is 2.05. The molecule has 0 bridgehead atoms. The number of nitrogens with zero attached hydrogens (tertiary/aromatic N) is 1. The summed E-state index contributed by atoms with van der Waals surface area (Å²) in [4.78, 5) is 2.18. The third-order valence-corrected chi connectivity index (χ3v) is 1.62. The number of nitrogens with two attached hydrogens (primary N) is 1. The van der Waals surface area contributed by atoms with E-state index in [1.165, 1.54) is 12.8 Å². The molecule has 0 fully saturated rings. The van der Waals surface area contributed by atoms with Crippen LogP contribution in [0.1, 0.15) is 19.8 Å². The molecule has 0 saturated carbocycles. The first-order valence-electron chi connectivity index (χ1n) is 3.58. The standard InChI is InChI=1S/C7H18N2/c1-4-5-7(6-8)9(2)3/h7H,4-6,8H2,1-3H3. The van der Waals surface area contributed by atoms with Gasteiger partial charge in [0.15, 0.2) is 0 Å². The van der Waals surface area contributed by atoms with E-state index in [1.54, 1.807) is 0 Å². The number of hydrogen-bond donors (Lipinski definition) is 1. The van der Waals surface area contributed by atoms with Crippen molar-refractivity contribution < 1.29 is 0 Å². The molecule has 9 heavy (non-hydrogen) atoms. The van der Waals surface area contributed by atoms with Crippen LogP contribution >= 0.6 is 0 Å². The van der Waals surface area contributed by atoms with Crippen molar-refractivity contribution in [1.82, 2.24) is 4.90 Å². The Morgan fingerprint density at radius 3 is 2.11 bits per heavy atom. The van der Waals surface area contributed by atoms with Gasteiger partial charge in [0.05, 0.1) is 0 Å². The lowest BCUT2D eigenvalue weighted by molar-refractivity contribution is 0.283. The molecule has 56 valence electrons. The van der Waals surface area contributed by atoms with Crippen molar-refractivity contribution in [2.75, 3.05) is 20.6 Å². The van der Waals surface area contributed by atoms with Gasteiger partial charge in [-0.2, -0.15) is 0 Å². The van der Waals surface area contributed by atoms with Gasteiger partial charge in [0.25, 0.3) is 0 Å². The molecular weight excluding hydrogens is 112 g/mol. The monoisotopic (exact) mass is 130 g/mol. The van der Waals surface area contributed by atoms with Crippen molar-refractivity contribution in [1.29, 1.82) is 0 Å². The Kier molecular flexibility index (Phi) is 4.72. The van der Waals surface area contributed by atoms with Crippen LogP contribution in [0.5, 0.6) is 0 Å². The molecule has 2 heteroatoms. The van der Waals surface area contributed by atoms with Crippen molar-refractivity contribution in [3.8, 4) is 0 Å². The molecule has 1 atom stereocenters. The Balaban J connectivity index is 3.41. The quantitative estimate of drug-likeness (QED) is 0.606. The maximum Gasteiger partial charge on any atom is 0.0212 e. The van der Waals surface area contributed by atoms with Crippen LogP contribution in [0.3, 0.4) is 0 Å². The van der Waals surface area contributed by atoms with Crippen LogP contribution in [-0.2, 0) is 0 Å². The van der Waals surface area contributed by atoms with Gasteiger partial charge in [-0.3, -0.25) is 0 Å². The first kappa shape index (κ1) is 8.92. The lowest BCUT2D eigenvalue weighted by atomic mass is 10.1. The van der Waals surface area contributed by atoms with Crippen LogP contribution in [0.25, 0.3) is 0 Å². The highest BCUT2D eigenvalue weighted by molar-refractivity contribution is 4.64. The van der Waals surface area contributed by atoms with Crippen LogP contribution in [0, 0.1) is 0 Å². The first-order valence-corrected chi connectivity index (χ1v) is 3.58. The molecule has 0 rings (SSSR count). The second kappa shape index (κ2) is 4.77. The Hall–Kier alpha value is -0.0800. The van der Waals surface area contributed by atoms with E-state index in [0.717, 1.165) is 6.54 Å². The van der Waals surface area contributed by atoms with E-state index in [2.05, 4.69) is 25.9 Å². The molecule has 0 aliphatic rings. The van der Waals surface area contributed by atoms with E-state index < -0.39 is 0 Å². The Morgan fingerprint density at radius 2 is 2.00 bits per heavy atom. The molecule has 0 aromatic rings. The molecule has 2 N–H and O–H groups in total. The average Bonchev–Trinajstić information content (AvgIpc) is 1.82. The van der Waals surface area contributed by atoms with Gasteiger partial charge in [-0.15, -0.1) is 0 Å². The maximum absolute atomic E-state index is 5.52. The van der Waals surface area contributed by atoms with E-state index in [-0.39, 0.29) is 0 Å². The average molecular weight is 130 g/mol. The normalized spacial score (nSPS) is 14.3. The first-order chi connectivity index (χ1) is 4.22. The zero-order valence-electron chi connectivity index (χ0n) is 6.72. The molecular formula is C7H18N2. The van der Waals surface area contributed by atoms with E-state index >= 15 is 0 Å². The van der Waals surface area contributed by atoms with Crippen LogP contribution in [0.4, 0.5) is 0 Å². The zero-order valence-corrected chi connectivity index (χ0v) is 6.72. The van der Waals surface area contributed by atoms with E-state index in [0.29, 0.717) is 6.04 Å². The lowest BCUT2D eigenvalue weighted by Crippen LogP contribution is -2.34. The summed E-state index contributed by atoms with van der Waals surface area (Å²) in [6.45, 7) is 2.97. The van der Waals surface area contributed by atoms with Gasteiger partial charge in [0, 0.05) is 12.6 Å². The van der Waals surface area contributed by atoms with Gasteiger partial charge < -0.3 is 10.6 Å². The van der Waals surface area contributed by atoms with Crippen molar-refractivity contribution in [2.24, 2.45) is 5.73 Å². The minimum Gasteiger partial charge on any atom is -0.329 e. The fourth-order valence-corrected chi connectivity index (χ4v) is 0.920. The van der Waals surface area contributed by atoms with Crippen LogP contribution in [-0.4, -0.2) is 31.6 Å². The van der Waals surface area contributed by atoms with Crippen molar-refractivity contribution in [3.05, 3.63) is 0 Å². The van der Waals surface area contributed by atoms with Gasteiger partial charge in [-0.05, 0) is 20.5 Å². The summed E-state index contributed by atoms with van der Waals surface area (Å²) >= 11 is 0. The number of rotatable bonds is 4. The minimum absolute atomic E-state index is 0.579. The van der Waals surface area contributed by atoms with Gasteiger partial charge in [0.1, 0.15) is 0 Å². The Bertz CT molecular complexity index is 61.9. The maximum atomic E-state index is 5.52. The summed E-state index contributed by atoms with van der Waals surface area (Å²) in [6.07, 6.45) is 2.43. The predicted molar refractivity (Wildman–Crippen MR) is 41.4 cm³/mol. The highest BCUT2D eigenvalue weighted by atomic mass is 15.1. The Labute approximate surface area is 58.0 Å². The zero-order chi connectivity index (χ0) is 7.28. The van der Waals surface area contributed by atoms with Crippen molar-refractivity contribution in [2.45, 2.75) is 25.8 Å². The van der Waals surface area contributed by atoms with Gasteiger partial charge in [-0.25, -0.2) is 0 Å². The van der Waals surface area contributed by atoms with Crippen LogP contribution in [0.2, 0.25) is 0 Å². The summed E-state index contributed by atoms with van der Waals surface area (Å²) in [5.74, 6) is 0. The predicted octanol–water partition coefficient (Wildman–Crippen LogP) is 0.675. The minimum atomic E-state index is 0.579. The topological polar surface area (TPSA) is 29.3 Å². The molecule has 1 unspecified atom stereocenters. The van der Waals surface area contributed by atoms with Gasteiger partial charge in [0.2, 0.25) is 0 Å². The van der Waals surface area contributed by atoms with E-state index in [9.17, 15) is 0 Å². The van der Waals surface area contributed by atoms with Crippen LogP contribution < -0.4 is 5.73 Å². The molecule has 0 heterocycles. The van der Waals surface area contributed by atoms with Gasteiger partial charge in [-0.1, -0.05) is 13.3 Å². The Morgan fingerprint density at radius 1 is 1.44 bits per heavy atom. The van der Waals surface area contributed by atoms with Crippen molar-refractivity contribution >= 4 is 0 Å². The molecule has 0 spiro atoms. The molecule has 0 aliphatic carbocycles. The lowest BCUT2D eigenvalue weighted by Gasteiger charge is -2.21. The third-order valence-electron chi connectivity index (χ3n) is 1.62. The largest absolute Gasteiger partial charge is 0.329 e. The number of likely N-dealkylation sites (N-methyl/N-ethyl adjacent to an activating group) is 1. The summed E-state index contributed by atoms with van der Waals surface area (Å²) in [5, 5.41) is 0. The third kappa shape index (κ3) is 3.49. The molecule has 0 amide bonds. The summed E-state index contributed by atoms with van der Waals surface area (Å²) in [5.41, 5.74) is 5.52. The number of hydrogen-bond acceptors (Lipinski definition) is 2. The second-order valence-electron chi connectivity index (χ2n) is 2.64. The van der Waals surface area contributed by atoms with Gasteiger partial charge >= 0.3 is 0 Å². The molecule has 0 aromatic carbocycles.